The first-order valence-corrected chi connectivity index (χ1v) is 7.55. The van der Waals surface area contributed by atoms with Crippen LogP contribution in [0.5, 0.6) is 0 Å². The number of rotatable bonds is 5. The van der Waals surface area contributed by atoms with Gasteiger partial charge in [-0.1, -0.05) is 12.8 Å². The molecule has 2 heterocycles. The Kier molecular flexibility index (Phi) is 6.24. The van der Waals surface area contributed by atoms with Crippen molar-refractivity contribution in [3.8, 4) is 0 Å². The van der Waals surface area contributed by atoms with Crippen LogP contribution in [0.4, 0.5) is 0 Å². The van der Waals surface area contributed by atoms with Gasteiger partial charge >= 0.3 is 0 Å². The summed E-state index contributed by atoms with van der Waals surface area (Å²) in [6.45, 7) is 10.4. The first kappa shape index (κ1) is 14.6. The van der Waals surface area contributed by atoms with E-state index >= 15 is 0 Å². The van der Waals surface area contributed by atoms with Crippen LogP contribution in [0.2, 0.25) is 0 Å². The molecule has 0 saturated carbocycles. The highest BCUT2D eigenvalue weighted by Crippen LogP contribution is 2.19. The normalized spacial score (nSPS) is 25.7. The summed E-state index contributed by atoms with van der Waals surface area (Å²) in [5.41, 5.74) is 0. The zero-order chi connectivity index (χ0) is 12.8. The number of ether oxygens (including phenoxy) is 1. The predicted molar refractivity (Wildman–Crippen MR) is 78.0 cm³/mol. The molecule has 4 nitrogen and oxygen atoms in total. The van der Waals surface area contributed by atoms with Crippen molar-refractivity contribution >= 4 is 12.8 Å². The van der Waals surface area contributed by atoms with E-state index in [0.29, 0.717) is 0 Å². The van der Waals surface area contributed by atoms with E-state index in [0.717, 1.165) is 32.2 Å². The Morgan fingerprint density at radius 3 is 2.22 bits per heavy atom. The quantitative estimate of drug-likeness (QED) is 0.747. The topological polar surface area (TPSA) is 19.0 Å². The van der Waals surface area contributed by atoms with Gasteiger partial charge in [-0.25, -0.2) is 0 Å². The van der Waals surface area contributed by atoms with Crippen molar-refractivity contribution in [2.45, 2.75) is 12.8 Å². The maximum atomic E-state index is 5.14. The maximum Gasteiger partial charge on any atom is 0.0589 e. The van der Waals surface area contributed by atoms with E-state index < -0.39 is 0 Å². The summed E-state index contributed by atoms with van der Waals surface area (Å²) < 4.78 is 7.29. The Balaban J connectivity index is 1.61. The van der Waals surface area contributed by atoms with Crippen LogP contribution in [0.15, 0.2) is 0 Å². The summed E-state index contributed by atoms with van der Waals surface area (Å²) in [5, 5.41) is 0. The zero-order valence-electron chi connectivity index (χ0n) is 11.6. The Morgan fingerprint density at radius 1 is 1.00 bits per heavy atom. The zero-order valence-corrected chi connectivity index (χ0v) is 12.4. The first-order chi connectivity index (χ1) is 8.78. The monoisotopic (exact) mass is 273 g/mol. The van der Waals surface area contributed by atoms with E-state index in [1.807, 2.05) is 0 Å². The minimum atomic E-state index is 0.862. The number of hydrogen-bond donors (Lipinski definition) is 1. The standard InChI is InChI=1S/C13H27N3OS/c1-17-11-10-14-6-8-15(9-7-14)12-13-2-4-16(18)5-3-13/h13,18H,2-12H2,1H3. The summed E-state index contributed by atoms with van der Waals surface area (Å²) in [4.78, 5) is 5.15. The lowest BCUT2D eigenvalue weighted by molar-refractivity contribution is 0.0833. The smallest absolute Gasteiger partial charge is 0.0589 e. The molecule has 2 saturated heterocycles. The molecule has 0 atom stereocenters. The Hall–Kier alpha value is 0.190. The second-order valence-corrected chi connectivity index (χ2v) is 6.10. The van der Waals surface area contributed by atoms with Gasteiger partial charge in [0.2, 0.25) is 0 Å². The fraction of sp³-hybridized carbons (Fsp3) is 1.00. The summed E-state index contributed by atoms with van der Waals surface area (Å²) in [5.74, 6) is 0.888. The van der Waals surface area contributed by atoms with E-state index in [1.165, 1.54) is 45.6 Å². The number of piperidine rings is 1. The predicted octanol–water partition coefficient (Wildman–Crippen LogP) is 0.807. The molecule has 5 heteroatoms. The number of piperazine rings is 1. The summed E-state index contributed by atoms with van der Waals surface area (Å²) in [6.07, 6.45) is 2.63. The molecule has 0 aromatic heterocycles. The van der Waals surface area contributed by atoms with Crippen LogP contribution in [0, 0.1) is 5.92 Å². The van der Waals surface area contributed by atoms with Crippen LogP contribution in [0.1, 0.15) is 12.8 Å². The molecular formula is C13H27N3OS. The summed E-state index contributed by atoms with van der Waals surface area (Å²) >= 11 is 4.41. The molecule has 18 heavy (non-hydrogen) atoms. The van der Waals surface area contributed by atoms with Crippen LogP contribution in [-0.4, -0.2) is 80.2 Å². The SMILES string of the molecule is COCCN1CCN(CC2CCN(S)CC2)CC1. The van der Waals surface area contributed by atoms with Crippen LogP contribution < -0.4 is 0 Å². The van der Waals surface area contributed by atoms with Gasteiger partial charge in [0, 0.05) is 59.5 Å². The molecule has 2 aliphatic heterocycles. The highest BCUT2D eigenvalue weighted by Gasteiger charge is 2.22. The molecule has 2 fully saturated rings. The lowest BCUT2D eigenvalue weighted by Crippen LogP contribution is -2.49. The molecule has 0 spiro atoms. The van der Waals surface area contributed by atoms with Crippen LogP contribution in [0.3, 0.4) is 0 Å². The second-order valence-electron chi connectivity index (χ2n) is 5.53. The average molecular weight is 273 g/mol. The number of nitrogens with zero attached hydrogens (tertiary/aromatic N) is 3. The molecule has 2 aliphatic rings. The molecule has 0 bridgehead atoms. The highest BCUT2D eigenvalue weighted by atomic mass is 32.1. The minimum Gasteiger partial charge on any atom is -0.383 e. The minimum absolute atomic E-state index is 0.862. The molecule has 0 radical (unpaired) electrons. The Morgan fingerprint density at radius 2 is 1.61 bits per heavy atom. The molecule has 0 aromatic carbocycles. The third-order valence-electron chi connectivity index (χ3n) is 4.18. The van der Waals surface area contributed by atoms with E-state index in [9.17, 15) is 0 Å². The first-order valence-electron chi connectivity index (χ1n) is 7.15. The van der Waals surface area contributed by atoms with Gasteiger partial charge in [-0.05, 0) is 18.8 Å². The third-order valence-corrected chi connectivity index (χ3v) is 4.58. The van der Waals surface area contributed by atoms with E-state index in [1.54, 1.807) is 7.11 Å². The Bertz CT molecular complexity index is 226. The number of methoxy groups -OCH3 is 1. The second kappa shape index (κ2) is 7.70. The largest absolute Gasteiger partial charge is 0.383 e. The fourth-order valence-electron chi connectivity index (χ4n) is 2.88. The van der Waals surface area contributed by atoms with Crippen molar-refractivity contribution in [3.05, 3.63) is 0 Å². The molecule has 0 unspecified atom stereocenters. The van der Waals surface area contributed by atoms with Gasteiger partial charge in [0.05, 0.1) is 6.61 Å². The number of thiol groups is 1. The van der Waals surface area contributed by atoms with Crippen molar-refractivity contribution in [3.63, 3.8) is 0 Å². The highest BCUT2D eigenvalue weighted by molar-refractivity contribution is 7.77. The molecule has 106 valence electrons. The van der Waals surface area contributed by atoms with E-state index in [2.05, 4.69) is 26.9 Å². The van der Waals surface area contributed by atoms with Gasteiger partial charge in [-0.3, -0.25) is 9.21 Å². The molecule has 0 aliphatic carbocycles. The fourth-order valence-corrected chi connectivity index (χ4v) is 3.11. The van der Waals surface area contributed by atoms with Crippen molar-refractivity contribution in [1.29, 1.82) is 0 Å². The summed E-state index contributed by atoms with van der Waals surface area (Å²) in [7, 11) is 1.78. The summed E-state index contributed by atoms with van der Waals surface area (Å²) in [6, 6.07) is 0. The molecule has 0 aromatic rings. The molecule has 2 rings (SSSR count). The van der Waals surface area contributed by atoms with E-state index in [-0.39, 0.29) is 0 Å². The van der Waals surface area contributed by atoms with Crippen LogP contribution >= 0.6 is 12.8 Å². The lowest BCUT2D eigenvalue weighted by Gasteiger charge is -2.38. The number of hydrogen-bond acceptors (Lipinski definition) is 5. The van der Waals surface area contributed by atoms with Crippen molar-refractivity contribution in [2.75, 3.05) is 66.1 Å². The third kappa shape index (κ3) is 4.70. The van der Waals surface area contributed by atoms with Gasteiger partial charge in [-0.15, -0.1) is 0 Å². The van der Waals surface area contributed by atoms with Crippen molar-refractivity contribution < 1.29 is 4.74 Å². The Labute approximate surface area is 117 Å². The van der Waals surface area contributed by atoms with E-state index in [4.69, 9.17) is 4.74 Å². The molecule has 0 amide bonds. The van der Waals surface area contributed by atoms with Gasteiger partial charge < -0.3 is 9.64 Å². The maximum absolute atomic E-state index is 5.14. The van der Waals surface area contributed by atoms with Crippen molar-refractivity contribution in [2.24, 2.45) is 5.92 Å². The van der Waals surface area contributed by atoms with Crippen molar-refractivity contribution in [1.82, 2.24) is 14.1 Å². The van der Waals surface area contributed by atoms with Gasteiger partial charge in [-0.2, -0.15) is 0 Å². The van der Waals surface area contributed by atoms with Crippen LogP contribution in [0.25, 0.3) is 0 Å². The lowest BCUT2D eigenvalue weighted by atomic mass is 9.97. The molecule has 0 N–H and O–H groups in total. The van der Waals surface area contributed by atoms with Gasteiger partial charge in [0.25, 0.3) is 0 Å². The average Bonchev–Trinajstić information content (AvgIpc) is 2.41. The molecular weight excluding hydrogens is 246 g/mol. The van der Waals surface area contributed by atoms with Crippen LogP contribution in [-0.2, 0) is 4.74 Å². The van der Waals surface area contributed by atoms with Gasteiger partial charge in [0.1, 0.15) is 0 Å². The van der Waals surface area contributed by atoms with Gasteiger partial charge in [0.15, 0.2) is 0 Å².